The summed E-state index contributed by atoms with van der Waals surface area (Å²) in [7, 11) is 3.51. The summed E-state index contributed by atoms with van der Waals surface area (Å²) in [5, 5.41) is 0. The van der Waals surface area contributed by atoms with Crippen molar-refractivity contribution in [3.63, 3.8) is 0 Å². The first-order valence-corrected chi connectivity index (χ1v) is 7.25. The average molecular weight is 290 g/mol. The molecule has 1 fully saturated rings. The maximum atomic E-state index is 5.91. The number of nitrogens with zero attached hydrogens (tertiary/aromatic N) is 3. The fourth-order valence-corrected chi connectivity index (χ4v) is 3.30. The highest BCUT2D eigenvalue weighted by Gasteiger charge is 2.33. The minimum absolute atomic E-state index is 0.238. The predicted octanol–water partition coefficient (Wildman–Crippen LogP) is 0.592. The van der Waals surface area contributed by atoms with E-state index in [1.165, 1.54) is 5.57 Å². The highest BCUT2D eigenvalue weighted by molar-refractivity contribution is 5.74. The summed E-state index contributed by atoms with van der Waals surface area (Å²) in [6, 6.07) is 0. The standard InChI is InChI=1S/C15H22N4O2/c1-20-8-11-6-19(7-13(11)21-2)5-10-3-4-12-14(10)17-9-18-15(12)16/h3,9,11,13H,4-8H2,1-2H3,(H2,16,17,18)/t11-,13?/m1/s1. The number of nitrogen functional groups attached to an aromatic ring is 1. The largest absolute Gasteiger partial charge is 0.384 e. The van der Waals surface area contributed by atoms with E-state index >= 15 is 0 Å². The molecular formula is C15H22N4O2. The number of anilines is 1. The first kappa shape index (κ1) is 14.4. The first-order chi connectivity index (χ1) is 10.2. The van der Waals surface area contributed by atoms with Crippen molar-refractivity contribution in [1.82, 2.24) is 14.9 Å². The molecule has 1 unspecified atom stereocenters. The lowest BCUT2D eigenvalue weighted by Gasteiger charge is -2.16. The van der Waals surface area contributed by atoms with Gasteiger partial charge in [0.25, 0.3) is 0 Å². The molecule has 2 aliphatic rings. The molecule has 0 bridgehead atoms. The van der Waals surface area contributed by atoms with Gasteiger partial charge in [-0.2, -0.15) is 0 Å². The van der Waals surface area contributed by atoms with Gasteiger partial charge in [-0.05, 0) is 12.0 Å². The van der Waals surface area contributed by atoms with Crippen LogP contribution in [0.15, 0.2) is 12.4 Å². The first-order valence-electron chi connectivity index (χ1n) is 7.25. The molecule has 1 aromatic heterocycles. The summed E-state index contributed by atoms with van der Waals surface area (Å²) >= 11 is 0. The Morgan fingerprint density at radius 3 is 2.95 bits per heavy atom. The molecule has 2 N–H and O–H groups in total. The Bertz CT molecular complexity index is 546. The van der Waals surface area contributed by atoms with Gasteiger partial charge in [0.15, 0.2) is 0 Å². The third kappa shape index (κ3) is 2.79. The Balaban J connectivity index is 1.68. The summed E-state index contributed by atoms with van der Waals surface area (Å²) in [5.41, 5.74) is 9.22. The van der Waals surface area contributed by atoms with Crippen LogP contribution in [0.2, 0.25) is 0 Å². The predicted molar refractivity (Wildman–Crippen MR) is 80.7 cm³/mol. The van der Waals surface area contributed by atoms with Crippen LogP contribution in [-0.4, -0.2) is 61.4 Å². The normalized spacial score (nSPS) is 25.1. The smallest absolute Gasteiger partial charge is 0.130 e. The van der Waals surface area contributed by atoms with Gasteiger partial charge in [0.2, 0.25) is 0 Å². The third-order valence-corrected chi connectivity index (χ3v) is 4.37. The molecule has 1 saturated heterocycles. The van der Waals surface area contributed by atoms with E-state index in [1.807, 2.05) is 0 Å². The van der Waals surface area contributed by atoms with E-state index in [1.54, 1.807) is 20.5 Å². The molecule has 114 valence electrons. The van der Waals surface area contributed by atoms with Crippen LogP contribution in [0.3, 0.4) is 0 Å². The van der Waals surface area contributed by atoms with Gasteiger partial charge in [-0.1, -0.05) is 6.08 Å². The molecule has 0 radical (unpaired) electrons. The molecule has 21 heavy (non-hydrogen) atoms. The third-order valence-electron chi connectivity index (χ3n) is 4.37. The second-order valence-corrected chi connectivity index (χ2v) is 5.70. The second-order valence-electron chi connectivity index (χ2n) is 5.70. The van der Waals surface area contributed by atoms with Crippen molar-refractivity contribution in [2.75, 3.05) is 46.2 Å². The summed E-state index contributed by atoms with van der Waals surface area (Å²) in [6.07, 6.45) is 4.83. The Morgan fingerprint density at radius 2 is 2.19 bits per heavy atom. The number of ether oxygens (including phenoxy) is 2. The molecule has 0 aromatic carbocycles. The maximum absolute atomic E-state index is 5.91. The SMILES string of the molecule is COC[C@H]1CN(CC2=CCc3c(N)ncnc32)CC1OC. The molecule has 2 atom stereocenters. The van der Waals surface area contributed by atoms with E-state index in [-0.39, 0.29) is 6.10 Å². The summed E-state index contributed by atoms with van der Waals surface area (Å²) in [6.45, 7) is 3.53. The zero-order chi connectivity index (χ0) is 14.8. The second kappa shape index (κ2) is 6.09. The molecule has 1 aliphatic heterocycles. The van der Waals surface area contributed by atoms with Crippen LogP contribution in [0.4, 0.5) is 5.82 Å². The fourth-order valence-electron chi connectivity index (χ4n) is 3.30. The monoisotopic (exact) mass is 290 g/mol. The van der Waals surface area contributed by atoms with Gasteiger partial charge in [0, 0.05) is 45.3 Å². The summed E-state index contributed by atoms with van der Waals surface area (Å²) in [4.78, 5) is 10.9. The highest BCUT2D eigenvalue weighted by atomic mass is 16.5. The van der Waals surface area contributed by atoms with E-state index < -0.39 is 0 Å². The van der Waals surface area contributed by atoms with E-state index in [9.17, 15) is 0 Å². The van der Waals surface area contributed by atoms with Crippen molar-refractivity contribution in [2.45, 2.75) is 12.5 Å². The molecule has 1 aliphatic carbocycles. The van der Waals surface area contributed by atoms with Gasteiger partial charge in [-0.25, -0.2) is 9.97 Å². The fraction of sp³-hybridized carbons (Fsp3) is 0.600. The number of likely N-dealkylation sites (tertiary alicyclic amines) is 1. The van der Waals surface area contributed by atoms with E-state index in [2.05, 4.69) is 20.9 Å². The minimum atomic E-state index is 0.238. The quantitative estimate of drug-likeness (QED) is 0.855. The van der Waals surface area contributed by atoms with E-state index in [0.29, 0.717) is 11.7 Å². The van der Waals surface area contributed by atoms with Crippen molar-refractivity contribution >= 4 is 11.4 Å². The lowest BCUT2D eigenvalue weighted by molar-refractivity contribution is 0.0431. The number of fused-ring (bicyclic) bond motifs is 1. The van der Waals surface area contributed by atoms with Crippen LogP contribution in [0.25, 0.3) is 5.57 Å². The number of hydrogen-bond donors (Lipinski definition) is 1. The van der Waals surface area contributed by atoms with E-state index in [4.69, 9.17) is 15.2 Å². The lowest BCUT2D eigenvalue weighted by atomic mass is 10.1. The molecule has 6 heteroatoms. The number of aromatic nitrogens is 2. The van der Waals surface area contributed by atoms with Crippen LogP contribution >= 0.6 is 0 Å². The molecule has 0 spiro atoms. The Morgan fingerprint density at radius 1 is 1.33 bits per heavy atom. The number of nitrogens with two attached hydrogens (primary N) is 1. The number of allylic oxidation sites excluding steroid dienone is 1. The van der Waals surface area contributed by atoms with Crippen molar-refractivity contribution in [2.24, 2.45) is 5.92 Å². The highest BCUT2D eigenvalue weighted by Crippen LogP contribution is 2.30. The Hall–Kier alpha value is -1.50. The summed E-state index contributed by atoms with van der Waals surface area (Å²) < 4.78 is 10.9. The van der Waals surface area contributed by atoms with Crippen molar-refractivity contribution in [1.29, 1.82) is 0 Å². The van der Waals surface area contributed by atoms with Crippen LogP contribution in [-0.2, 0) is 15.9 Å². The molecule has 2 heterocycles. The molecule has 6 nitrogen and oxygen atoms in total. The summed E-state index contributed by atoms with van der Waals surface area (Å²) in [5.74, 6) is 1.02. The number of hydrogen-bond acceptors (Lipinski definition) is 6. The number of rotatable bonds is 5. The van der Waals surface area contributed by atoms with Crippen molar-refractivity contribution < 1.29 is 9.47 Å². The van der Waals surface area contributed by atoms with Crippen LogP contribution in [0.5, 0.6) is 0 Å². The lowest BCUT2D eigenvalue weighted by Crippen LogP contribution is -2.25. The van der Waals surface area contributed by atoms with Gasteiger partial charge < -0.3 is 15.2 Å². The van der Waals surface area contributed by atoms with Gasteiger partial charge in [0.05, 0.1) is 18.4 Å². The van der Waals surface area contributed by atoms with Crippen LogP contribution in [0, 0.1) is 5.92 Å². The van der Waals surface area contributed by atoms with Crippen molar-refractivity contribution in [3.8, 4) is 0 Å². The Kier molecular flexibility index (Phi) is 4.19. The van der Waals surface area contributed by atoms with Gasteiger partial charge in [-0.3, -0.25) is 4.90 Å². The van der Waals surface area contributed by atoms with Gasteiger partial charge >= 0.3 is 0 Å². The molecular weight excluding hydrogens is 268 g/mol. The topological polar surface area (TPSA) is 73.5 Å². The van der Waals surface area contributed by atoms with Crippen molar-refractivity contribution in [3.05, 3.63) is 23.7 Å². The number of methoxy groups -OCH3 is 2. The molecule has 0 amide bonds. The average Bonchev–Trinajstić information content (AvgIpc) is 3.05. The van der Waals surface area contributed by atoms with Crippen LogP contribution in [0.1, 0.15) is 11.3 Å². The van der Waals surface area contributed by atoms with Crippen LogP contribution < -0.4 is 5.73 Å². The van der Waals surface area contributed by atoms with Gasteiger partial charge in [-0.15, -0.1) is 0 Å². The minimum Gasteiger partial charge on any atom is -0.384 e. The zero-order valence-corrected chi connectivity index (χ0v) is 12.6. The Labute approximate surface area is 125 Å². The van der Waals surface area contributed by atoms with E-state index in [0.717, 1.165) is 43.9 Å². The molecule has 1 aromatic rings. The van der Waals surface area contributed by atoms with Gasteiger partial charge in [0.1, 0.15) is 12.1 Å². The molecule has 0 saturated carbocycles. The maximum Gasteiger partial charge on any atom is 0.130 e. The molecule has 3 rings (SSSR count). The zero-order valence-electron chi connectivity index (χ0n) is 12.6.